The van der Waals surface area contributed by atoms with Gasteiger partial charge in [0.05, 0.1) is 7.11 Å². The molecule has 0 bridgehead atoms. The summed E-state index contributed by atoms with van der Waals surface area (Å²) in [7, 11) is 1.57. The van der Waals surface area contributed by atoms with Crippen LogP contribution in [-0.4, -0.2) is 28.2 Å². The maximum absolute atomic E-state index is 12.0. The van der Waals surface area contributed by atoms with Gasteiger partial charge in [-0.1, -0.05) is 6.07 Å². The molecule has 3 rings (SSSR count). The highest BCUT2D eigenvalue weighted by molar-refractivity contribution is 5.89. The van der Waals surface area contributed by atoms with Gasteiger partial charge < -0.3 is 14.5 Å². The Labute approximate surface area is 132 Å². The fourth-order valence-corrected chi connectivity index (χ4v) is 1.95. The molecule has 0 unspecified atom stereocenters. The minimum Gasteiger partial charge on any atom is -0.497 e. The Morgan fingerprint density at radius 3 is 2.83 bits per heavy atom. The summed E-state index contributed by atoms with van der Waals surface area (Å²) in [6, 6.07) is 10.8. The fourth-order valence-electron chi connectivity index (χ4n) is 1.95. The third-order valence-corrected chi connectivity index (χ3v) is 3.14. The summed E-state index contributed by atoms with van der Waals surface area (Å²) in [4.78, 5) is 16.0. The summed E-state index contributed by atoms with van der Waals surface area (Å²) in [5.74, 6) is 0.419. The van der Waals surface area contributed by atoms with Crippen molar-refractivity contribution in [1.82, 2.24) is 20.5 Å². The number of hydrogen-bond acceptors (Lipinski definition) is 6. The van der Waals surface area contributed by atoms with Crippen LogP contribution in [0.5, 0.6) is 5.75 Å². The van der Waals surface area contributed by atoms with Crippen LogP contribution in [0.1, 0.15) is 16.2 Å². The summed E-state index contributed by atoms with van der Waals surface area (Å²) in [6.45, 7) is 0.359. The van der Waals surface area contributed by atoms with Crippen molar-refractivity contribution in [1.29, 1.82) is 0 Å². The monoisotopic (exact) mass is 310 g/mol. The van der Waals surface area contributed by atoms with E-state index >= 15 is 0 Å². The zero-order valence-corrected chi connectivity index (χ0v) is 12.4. The van der Waals surface area contributed by atoms with Gasteiger partial charge in [0.15, 0.2) is 0 Å². The minimum absolute atomic E-state index is 0.0862. The van der Waals surface area contributed by atoms with Crippen LogP contribution < -0.4 is 10.1 Å². The Morgan fingerprint density at radius 2 is 2.04 bits per heavy atom. The van der Waals surface area contributed by atoms with E-state index in [1.807, 2.05) is 24.3 Å². The lowest BCUT2D eigenvalue weighted by molar-refractivity contribution is 0.0917. The van der Waals surface area contributed by atoms with Gasteiger partial charge in [0.2, 0.25) is 5.89 Å². The van der Waals surface area contributed by atoms with E-state index in [9.17, 15) is 4.79 Å². The summed E-state index contributed by atoms with van der Waals surface area (Å²) in [6.07, 6.45) is 3.32. The number of carbonyl (C=O) groups is 1. The van der Waals surface area contributed by atoms with Gasteiger partial charge in [-0.25, -0.2) is 0 Å². The number of rotatable bonds is 5. The Balaban J connectivity index is 1.69. The van der Waals surface area contributed by atoms with E-state index in [1.165, 1.54) is 0 Å². The first kappa shape index (κ1) is 14.7. The highest BCUT2D eigenvalue weighted by Crippen LogP contribution is 2.22. The molecule has 2 heterocycles. The lowest BCUT2D eigenvalue weighted by atomic mass is 10.2. The van der Waals surface area contributed by atoms with Crippen molar-refractivity contribution >= 4 is 5.91 Å². The van der Waals surface area contributed by atoms with Gasteiger partial charge in [-0.15, -0.1) is 10.2 Å². The maximum Gasteiger partial charge on any atom is 0.309 e. The number of carbonyl (C=O) groups excluding carboxylic acids is 1. The van der Waals surface area contributed by atoms with Crippen molar-refractivity contribution in [3.8, 4) is 17.2 Å². The van der Waals surface area contributed by atoms with Crippen molar-refractivity contribution in [2.24, 2.45) is 0 Å². The molecule has 0 saturated carbocycles. The SMILES string of the molecule is COc1cccc(-c2nnc(C(=O)NCc3ccncc3)o2)c1. The molecule has 0 atom stereocenters. The van der Waals surface area contributed by atoms with Crippen molar-refractivity contribution in [3.63, 3.8) is 0 Å². The molecular weight excluding hydrogens is 296 g/mol. The molecule has 0 aliphatic rings. The average molecular weight is 310 g/mol. The molecule has 0 spiro atoms. The molecule has 0 aliphatic carbocycles. The number of nitrogens with zero attached hydrogens (tertiary/aromatic N) is 3. The van der Waals surface area contributed by atoms with Gasteiger partial charge in [-0.05, 0) is 35.9 Å². The number of pyridine rings is 1. The third-order valence-electron chi connectivity index (χ3n) is 3.14. The predicted octanol–water partition coefficient (Wildman–Crippen LogP) is 2.07. The quantitative estimate of drug-likeness (QED) is 0.776. The molecule has 7 heteroatoms. The molecule has 116 valence electrons. The number of ether oxygens (including phenoxy) is 1. The van der Waals surface area contributed by atoms with Gasteiger partial charge in [-0.3, -0.25) is 9.78 Å². The average Bonchev–Trinajstić information content (AvgIpc) is 3.11. The molecule has 0 radical (unpaired) electrons. The van der Waals surface area contributed by atoms with E-state index in [1.54, 1.807) is 31.6 Å². The number of hydrogen-bond donors (Lipinski definition) is 1. The van der Waals surface area contributed by atoms with Crippen LogP contribution in [0, 0.1) is 0 Å². The molecule has 0 fully saturated rings. The van der Waals surface area contributed by atoms with Crippen molar-refractivity contribution < 1.29 is 13.9 Å². The third kappa shape index (κ3) is 3.52. The van der Waals surface area contributed by atoms with E-state index in [4.69, 9.17) is 9.15 Å². The van der Waals surface area contributed by atoms with Gasteiger partial charge >= 0.3 is 11.8 Å². The second kappa shape index (κ2) is 6.69. The van der Waals surface area contributed by atoms with Crippen molar-refractivity contribution in [2.45, 2.75) is 6.54 Å². The van der Waals surface area contributed by atoms with Crippen LogP contribution in [0.15, 0.2) is 53.2 Å². The van der Waals surface area contributed by atoms with E-state index in [-0.39, 0.29) is 11.8 Å². The maximum atomic E-state index is 12.0. The largest absolute Gasteiger partial charge is 0.497 e. The van der Waals surface area contributed by atoms with E-state index in [0.717, 1.165) is 5.56 Å². The molecule has 7 nitrogen and oxygen atoms in total. The van der Waals surface area contributed by atoms with Gasteiger partial charge in [0.25, 0.3) is 0 Å². The topological polar surface area (TPSA) is 90.1 Å². The molecule has 0 aliphatic heterocycles. The van der Waals surface area contributed by atoms with Crippen LogP contribution in [0.25, 0.3) is 11.5 Å². The number of aromatic nitrogens is 3. The lowest BCUT2D eigenvalue weighted by Gasteiger charge is -2.02. The van der Waals surface area contributed by atoms with E-state index < -0.39 is 5.91 Å². The summed E-state index contributed by atoms with van der Waals surface area (Å²) in [5, 5.41) is 10.4. The number of amides is 1. The van der Waals surface area contributed by atoms with Crippen LogP contribution in [0.4, 0.5) is 0 Å². The molecule has 3 aromatic rings. The molecule has 1 aromatic carbocycles. The number of nitrogens with one attached hydrogen (secondary N) is 1. The normalized spacial score (nSPS) is 10.3. The fraction of sp³-hybridized carbons (Fsp3) is 0.125. The van der Waals surface area contributed by atoms with Crippen LogP contribution in [-0.2, 0) is 6.54 Å². The van der Waals surface area contributed by atoms with Crippen LogP contribution >= 0.6 is 0 Å². The second-order valence-electron chi connectivity index (χ2n) is 4.68. The number of benzene rings is 1. The summed E-state index contributed by atoms with van der Waals surface area (Å²) < 4.78 is 10.6. The first-order valence-corrected chi connectivity index (χ1v) is 6.91. The first-order valence-electron chi connectivity index (χ1n) is 6.91. The summed E-state index contributed by atoms with van der Waals surface area (Å²) >= 11 is 0. The highest BCUT2D eigenvalue weighted by atomic mass is 16.5. The molecular formula is C16H14N4O3. The smallest absolute Gasteiger partial charge is 0.309 e. The van der Waals surface area contributed by atoms with E-state index in [0.29, 0.717) is 17.9 Å². The van der Waals surface area contributed by atoms with Crippen LogP contribution in [0.2, 0.25) is 0 Å². The van der Waals surface area contributed by atoms with Gasteiger partial charge in [0, 0.05) is 24.5 Å². The van der Waals surface area contributed by atoms with Crippen molar-refractivity contribution in [3.05, 3.63) is 60.2 Å². The molecule has 2 aromatic heterocycles. The summed E-state index contributed by atoms with van der Waals surface area (Å²) in [5.41, 5.74) is 1.62. The number of methoxy groups -OCH3 is 1. The lowest BCUT2D eigenvalue weighted by Crippen LogP contribution is -2.23. The van der Waals surface area contributed by atoms with E-state index in [2.05, 4.69) is 20.5 Å². The molecule has 23 heavy (non-hydrogen) atoms. The molecule has 1 amide bonds. The predicted molar refractivity (Wildman–Crippen MR) is 81.7 cm³/mol. The standard InChI is InChI=1S/C16H14N4O3/c1-22-13-4-2-3-12(9-13)15-19-20-16(23-15)14(21)18-10-11-5-7-17-8-6-11/h2-9H,10H2,1H3,(H,18,21). The van der Waals surface area contributed by atoms with Crippen LogP contribution in [0.3, 0.4) is 0 Å². The Kier molecular flexibility index (Phi) is 4.28. The molecule has 0 saturated heterocycles. The molecule has 1 N–H and O–H groups in total. The highest BCUT2D eigenvalue weighted by Gasteiger charge is 2.15. The first-order chi connectivity index (χ1) is 11.3. The van der Waals surface area contributed by atoms with Crippen molar-refractivity contribution in [2.75, 3.05) is 7.11 Å². The Bertz CT molecular complexity index is 802. The van der Waals surface area contributed by atoms with Gasteiger partial charge in [0.1, 0.15) is 5.75 Å². The van der Waals surface area contributed by atoms with Gasteiger partial charge in [-0.2, -0.15) is 0 Å². The Morgan fingerprint density at radius 1 is 1.22 bits per heavy atom. The zero-order chi connectivity index (χ0) is 16.1. The second-order valence-corrected chi connectivity index (χ2v) is 4.68. The minimum atomic E-state index is -0.427. The zero-order valence-electron chi connectivity index (χ0n) is 12.4. The Hall–Kier alpha value is -3.22.